The van der Waals surface area contributed by atoms with E-state index in [1.807, 2.05) is 36.0 Å². The molecule has 5 nitrogen and oxygen atoms in total. The molecular weight excluding hydrogens is 258 g/mol. The van der Waals surface area contributed by atoms with Gasteiger partial charge in [0.2, 0.25) is 0 Å². The van der Waals surface area contributed by atoms with Crippen LogP contribution in [-0.2, 0) is 0 Å². The molecule has 19 heavy (non-hydrogen) atoms. The number of aromatic nitrogens is 4. The average Bonchev–Trinajstić information content (AvgIpc) is 3.13. The van der Waals surface area contributed by atoms with E-state index in [1.165, 1.54) is 11.2 Å². The van der Waals surface area contributed by atoms with Gasteiger partial charge in [0.25, 0.3) is 0 Å². The van der Waals surface area contributed by atoms with Crippen molar-refractivity contribution in [3.05, 3.63) is 53.5 Å². The molecule has 6 heteroatoms. The minimum atomic E-state index is 0.254. The molecule has 2 heterocycles. The van der Waals surface area contributed by atoms with Crippen molar-refractivity contribution < 1.29 is 0 Å². The zero-order chi connectivity index (χ0) is 13.1. The predicted molar refractivity (Wildman–Crippen MR) is 75.5 cm³/mol. The molecule has 0 radical (unpaired) electrons. The molecule has 0 aliphatic heterocycles. The van der Waals surface area contributed by atoms with Crippen LogP contribution in [0, 0.1) is 0 Å². The first-order valence-electron chi connectivity index (χ1n) is 5.93. The van der Waals surface area contributed by atoms with Gasteiger partial charge in [-0.15, -0.1) is 11.3 Å². The van der Waals surface area contributed by atoms with E-state index in [4.69, 9.17) is 0 Å². The average molecular weight is 271 g/mol. The van der Waals surface area contributed by atoms with Crippen molar-refractivity contribution in [3.8, 4) is 5.69 Å². The Hall–Kier alpha value is -2.21. The number of anilines is 1. The summed E-state index contributed by atoms with van der Waals surface area (Å²) in [5, 5.41) is 7.54. The Balaban J connectivity index is 1.73. The minimum absolute atomic E-state index is 0.254. The number of hydrogen-bond donors (Lipinski definition) is 1. The molecule has 1 aromatic carbocycles. The van der Waals surface area contributed by atoms with Crippen LogP contribution in [0.2, 0.25) is 0 Å². The first-order valence-corrected chi connectivity index (χ1v) is 6.81. The summed E-state index contributed by atoms with van der Waals surface area (Å²) in [5.41, 5.74) is 3.92. The standard InChI is InChI=1S/C13H13N5S/c1-10(13-6-14-9-19-13)17-11-2-4-12(5-3-11)18-8-15-7-16-18/h2-10,17H,1H3. The highest BCUT2D eigenvalue weighted by atomic mass is 32.1. The molecule has 0 saturated carbocycles. The van der Waals surface area contributed by atoms with Crippen LogP contribution in [0.25, 0.3) is 5.69 Å². The second-order valence-electron chi connectivity index (χ2n) is 4.16. The van der Waals surface area contributed by atoms with Gasteiger partial charge >= 0.3 is 0 Å². The molecule has 2 aromatic heterocycles. The lowest BCUT2D eigenvalue weighted by molar-refractivity contribution is 0.876. The normalized spacial score (nSPS) is 12.3. The fraction of sp³-hybridized carbons (Fsp3) is 0.154. The maximum absolute atomic E-state index is 4.10. The van der Waals surface area contributed by atoms with E-state index in [0.29, 0.717) is 0 Å². The summed E-state index contributed by atoms with van der Waals surface area (Å²) >= 11 is 1.66. The minimum Gasteiger partial charge on any atom is -0.378 e. The van der Waals surface area contributed by atoms with Crippen LogP contribution in [0.15, 0.2) is 48.6 Å². The fourth-order valence-electron chi connectivity index (χ4n) is 1.81. The molecule has 1 atom stereocenters. The molecule has 0 spiro atoms. The van der Waals surface area contributed by atoms with E-state index in [1.54, 1.807) is 22.3 Å². The highest BCUT2D eigenvalue weighted by Gasteiger charge is 2.06. The summed E-state index contributed by atoms with van der Waals surface area (Å²) in [6.45, 7) is 2.12. The molecule has 3 aromatic rings. The van der Waals surface area contributed by atoms with E-state index in [0.717, 1.165) is 11.4 Å². The van der Waals surface area contributed by atoms with Crippen LogP contribution in [-0.4, -0.2) is 19.7 Å². The van der Waals surface area contributed by atoms with Crippen LogP contribution < -0.4 is 5.32 Å². The Morgan fingerprint density at radius 2 is 2.05 bits per heavy atom. The Morgan fingerprint density at radius 3 is 2.68 bits per heavy atom. The highest BCUT2D eigenvalue weighted by Crippen LogP contribution is 2.22. The number of hydrogen-bond acceptors (Lipinski definition) is 5. The van der Waals surface area contributed by atoms with E-state index < -0.39 is 0 Å². The number of benzene rings is 1. The number of nitrogens with one attached hydrogen (secondary N) is 1. The molecule has 0 amide bonds. The van der Waals surface area contributed by atoms with Gasteiger partial charge in [0.1, 0.15) is 12.7 Å². The van der Waals surface area contributed by atoms with E-state index in [-0.39, 0.29) is 6.04 Å². The molecule has 0 fully saturated rings. The van der Waals surface area contributed by atoms with Crippen LogP contribution >= 0.6 is 11.3 Å². The van der Waals surface area contributed by atoms with Crippen molar-refractivity contribution >= 4 is 17.0 Å². The maximum Gasteiger partial charge on any atom is 0.138 e. The van der Waals surface area contributed by atoms with Crippen molar-refractivity contribution in [2.45, 2.75) is 13.0 Å². The van der Waals surface area contributed by atoms with Gasteiger partial charge in [0.05, 0.1) is 17.2 Å². The summed E-state index contributed by atoms with van der Waals surface area (Å²) in [6.07, 6.45) is 5.10. The number of thiazole rings is 1. The lowest BCUT2D eigenvalue weighted by Gasteiger charge is -2.13. The first-order chi connectivity index (χ1) is 9.33. The highest BCUT2D eigenvalue weighted by molar-refractivity contribution is 7.09. The van der Waals surface area contributed by atoms with Gasteiger partial charge in [-0.25, -0.2) is 9.67 Å². The van der Waals surface area contributed by atoms with Gasteiger partial charge in [0.15, 0.2) is 0 Å². The summed E-state index contributed by atoms with van der Waals surface area (Å²) in [7, 11) is 0. The molecule has 0 aliphatic carbocycles. The Bertz CT molecular complexity index is 616. The van der Waals surface area contributed by atoms with Crippen LogP contribution in [0.5, 0.6) is 0 Å². The van der Waals surface area contributed by atoms with E-state index in [9.17, 15) is 0 Å². The Kier molecular flexibility index (Phi) is 3.24. The van der Waals surface area contributed by atoms with Crippen molar-refractivity contribution in [2.24, 2.45) is 0 Å². The zero-order valence-electron chi connectivity index (χ0n) is 10.4. The van der Waals surface area contributed by atoms with Crippen LogP contribution in [0.1, 0.15) is 17.8 Å². The first kappa shape index (κ1) is 11.9. The molecule has 0 aliphatic rings. The second kappa shape index (κ2) is 5.19. The Labute approximate surface area is 115 Å². The smallest absolute Gasteiger partial charge is 0.138 e. The molecule has 3 rings (SSSR count). The van der Waals surface area contributed by atoms with Gasteiger partial charge in [-0.05, 0) is 31.2 Å². The van der Waals surface area contributed by atoms with Gasteiger partial charge in [-0.2, -0.15) is 5.10 Å². The van der Waals surface area contributed by atoms with Crippen molar-refractivity contribution in [1.82, 2.24) is 19.7 Å². The number of nitrogens with zero attached hydrogens (tertiary/aromatic N) is 4. The molecule has 1 unspecified atom stereocenters. The largest absolute Gasteiger partial charge is 0.378 e. The van der Waals surface area contributed by atoms with Gasteiger partial charge in [0, 0.05) is 16.8 Å². The van der Waals surface area contributed by atoms with E-state index in [2.05, 4.69) is 27.3 Å². The quantitative estimate of drug-likeness (QED) is 0.792. The lowest BCUT2D eigenvalue weighted by atomic mass is 10.2. The zero-order valence-corrected chi connectivity index (χ0v) is 11.2. The third-order valence-electron chi connectivity index (χ3n) is 2.81. The summed E-state index contributed by atoms with van der Waals surface area (Å²) < 4.78 is 1.73. The molecule has 1 N–H and O–H groups in total. The second-order valence-corrected chi connectivity index (χ2v) is 5.07. The van der Waals surface area contributed by atoms with Gasteiger partial charge in [-0.1, -0.05) is 0 Å². The van der Waals surface area contributed by atoms with Crippen LogP contribution in [0.4, 0.5) is 5.69 Å². The topological polar surface area (TPSA) is 55.6 Å². The summed E-state index contributed by atoms with van der Waals surface area (Å²) in [5.74, 6) is 0. The molecular formula is C13H13N5S. The summed E-state index contributed by atoms with van der Waals surface area (Å²) in [4.78, 5) is 9.25. The SMILES string of the molecule is CC(Nc1ccc(-n2cncn2)cc1)c1cncs1. The number of rotatable bonds is 4. The lowest BCUT2D eigenvalue weighted by Crippen LogP contribution is -2.05. The van der Waals surface area contributed by atoms with Crippen molar-refractivity contribution in [3.63, 3.8) is 0 Å². The van der Waals surface area contributed by atoms with Crippen molar-refractivity contribution in [2.75, 3.05) is 5.32 Å². The van der Waals surface area contributed by atoms with E-state index >= 15 is 0 Å². The monoisotopic (exact) mass is 271 g/mol. The Morgan fingerprint density at radius 1 is 1.21 bits per heavy atom. The third kappa shape index (κ3) is 2.63. The van der Waals surface area contributed by atoms with Crippen LogP contribution in [0.3, 0.4) is 0 Å². The molecule has 0 saturated heterocycles. The molecule has 0 bridgehead atoms. The predicted octanol–water partition coefficient (Wildman–Crippen LogP) is 2.90. The summed E-state index contributed by atoms with van der Waals surface area (Å²) in [6, 6.07) is 8.35. The fourth-order valence-corrected chi connectivity index (χ4v) is 2.44. The maximum atomic E-state index is 4.10. The van der Waals surface area contributed by atoms with Gasteiger partial charge in [-0.3, -0.25) is 4.98 Å². The molecule has 96 valence electrons. The van der Waals surface area contributed by atoms with Gasteiger partial charge < -0.3 is 5.32 Å². The third-order valence-corrected chi connectivity index (χ3v) is 3.77. The van der Waals surface area contributed by atoms with Crippen molar-refractivity contribution in [1.29, 1.82) is 0 Å².